The van der Waals surface area contributed by atoms with E-state index >= 15 is 0 Å². The maximum Gasteiger partial charge on any atom is 0.414 e. The van der Waals surface area contributed by atoms with Gasteiger partial charge in [0.15, 0.2) is 0 Å². The van der Waals surface area contributed by atoms with Gasteiger partial charge in [-0.2, -0.15) is 0 Å². The van der Waals surface area contributed by atoms with Crippen LogP contribution in [-0.2, 0) is 9.47 Å². The molecule has 0 fully saturated rings. The molecule has 0 aromatic carbocycles. The van der Waals surface area contributed by atoms with Crippen LogP contribution in [0.2, 0.25) is 0 Å². The molecule has 92 valence electrons. The predicted octanol–water partition coefficient (Wildman–Crippen LogP) is 2.92. The van der Waals surface area contributed by atoms with Crippen molar-refractivity contribution in [2.75, 3.05) is 14.2 Å². The van der Waals surface area contributed by atoms with Gasteiger partial charge < -0.3 is 9.47 Å². The number of hydrogen-bond acceptors (Lipinski definition) is 3. The van der Waals surface area contributed by atoms with E-state index in [4.69, 9.17) is 9.47 Å². The molecule has 0 heterocycles. The monoisotopic (exact) mass is 227 g/mol. The van der Waals surface area contributed by atoms with Gasteiger partial charge in [0.05, 0.1) is 12.8 Å². The second-order valence-electron chi connectivity index (χ2n) is 4.40. The van der Waals surface area contributed by atoms with Crippen molar-refractivity contribution in [2.24, 2.45) is 0 Å². The van der Waals surface area contributed by atoms with Gasteiger partial charge in [-0.05, 0) is 33.8 Å². The zero-order valence-corrected chi connectivity index (χ0v) is 11.0. The van der Waals surface area contributed by atoms with Crippen molar-refractivity contribution in [2.45, 2.75) is 33.3 Å². The molecular formula is C12H21NO3. The molecule has 0 spiro atoms. The minimum atomic E-state index is -0.507. The molecule has 1 amide bonds. The van der Waals surface area contributed by atoms with Crippen LogP contribution in [0.3, 0.4) is 0 Å². The summed E-state index contributed by atoms with van der Waals surface area (Å²) in [6.45, 7) is 10.8. The zero-order chi connectivity index (χ0) is 12.9. The van der Waals surface area contributed by atoms with E-state index in [-0.39, 0.29) is 0 Å². The lowest BCUT2D eigenvalue weighted by Gasteiger charge is -2.25. The number of carbonyl (C=O) groups excluding carboxylic acids is 1. The average molecular weight is 227 g/mol. The Kier molecular flexibility index (Phi) is 5.08. The van der Waals surface area contributed by atoms with Gasteiger partial charge >= 0.3 is 6.09 Å². The third kappa shape index (κ3) is 4.38. The summed E-state index contributed by atoms with van der Waals surface area (Å²) in [5.41, 5.74) is 0.152. The van der Waals surface area contributed by atoms with Crippen molar-refractivity contribution in [1.29, 1.82) is 0 Å². The van der Waals surface area contributed by atoms with Crippen LogP contribution in [0.25, 0.3) is 0 Å². The number of nitrogens with zero attached hydrogens (tertiary/aromatic N) is 1. The summed E-state index contributed by atoms with van der Waals surface area (Å²) in [5.74, 6) is 0.549. The first-order chi connectivity index (χ1) is 7.22. The summed E-state index contributed by atoms with van der Waals surface area (Å²) in [6.07, 6.45) is 1.14. The topological polar surface area (TPSA) is 38.8 Å². The summed E-state index contributed by atoms with van der Waals surface area (Å²) in [7, 11) is 3.16. The van der Waals surface area contributed by atoms with E-state index in [2.05, 4.69) is 6.58 Å². The second-order valence-corrected chi connectivity index (χ2v) is 4.40. The lowest BCUT2D eigenvalue weighted by atomic mass is 10.2. The molecule has 0 saturated heterocycles. The Hall–Kier alpha value is -1.45. The van der Waals surface area contributed by atoms with E-state index < -0.39 is 11.7 Å². The fourth-order valence-electron chi connectivity index (χ4n) is 1.01. The summed E-state index contributed by atoms with van der Waals surface area (Å²) >= 11 is 0. The first-order valence-electron chi connectivity index (χ1n) is 5.07. The Morgan fingerprint density at radius 3 is 2.19 bits per heavy atom. The van der Waals surface area contributed by atoms with E-state index in [0.717, 1.165) is 0 Å². The lowest BCUT2D eigenvalue weighted by Crippen LogP contribution is -2.33. The highest BCUT2D eigenvalue weighted by molar-refractivity contribution is 5.70. The molecule has 4 heteroatoms. The van der Waals surface area contributed by atoms with E-state index in [1.165, 1.54) is 12.0 Å². The number of carbonyl (C=O) groups is 1. The molecule has 0 radical (unpaired) electrons. The van der Waals surface area contributed by atoms with Crippen molar-refractivity contribution >= 4 is 6.09 Å². The predicted molar refractivity (Wildman–Crippen MR) is 63.9 cm³/mol. The SMILES string of the molecule is C=C/C(OC)=C(\C)N(C)C(=O)OC(C)(C)C. The van der Waals surface area contributed by atoms with Crippen LogP contribution in [0, 0.1) is 0 Å². The Morgan fingerprint density at radius 2 is 1.88 bits per heavy atom. The molecule has 0 atom stereocenters. The number of hydrogen-bond donors (Lipinski definition) is 0. The Bertz CT molecular complexity index is 300. The van der Waals surface area contributed by atoms with Crippen molar-refractivity contribution in [3.8, 4) is 0 Å². The maximum atomic E-state index is 11.7. The van der Waals surface area contributed by atoms with E-state index in [9.17, 15) is 4.79 Å². The van der Waals surface area contributed by atoms with Gasteiger partial charge in [0, 0.05) is 7.05 Å². The molecule has 0 aromatic rings. The molecule has 0 aromatic heterocycles. The number of allylic oxidation sites excluding steroid dienone is 2. The van der Waals surface area contributed by atoms with E-state index in [1.807, 2.05) is 20.8 Å². The molecule has 0 saturated carbocycles. The van der Waals surface area contributed by atoms with Crippen LogP contribution in [0.15, 0.2) is 24.1 Å². The fraction of sp³-hybridized carbons (Fsp3) is 0.583. The summed E-state index contributed by atoms with van der Waals surface area (Å²) in [4.78, 5) is 13.1. The van der Waals surface area contributed by atoms with Gasteiger partial charge in [0.25, 0.3) is 0 Å². The first kappa shape index (κ1) is 14.6. The van der Waals surface area contributed by atoms with Gasteiger partial charge in [-0.15, -0.1) is 0 Å². The van der Waals surface area contributed by atoms with Gasteiger partial charge in [-0.1, -0.05) is 6.58 Å². The normalized spacial score (nSPS) is 12.6. The molecular weight excluding hydrogens is 206 g/mol. The number of amides is 1. The lowest BCUT2D eigenvalue weighted by molar-refractivity contribution is 0.0345. The van der Waals surface area contributed by atoms with Gasteiger partial charge in [-0.25, -0.2) is 4.79 Å². The minimum absolute atomic E-state index is 0.415. The smallest absolute Gasteiger partial charge is 0.414 e. The van der Waals surface area contributed by atoms with E-state index in [0.29, 0.717) is 11.5 Å². The molecule has 0 unspecified atom stereocenters. The fourth-order valence-corrected chi connectivity index (χ4v) is 1.01. The van der Waals surface area contributed by atoms with Crippen LogP contribution in [-0.4, -0.2) is 30.8 Å². The van der Waals surface area contributed by atoms with Gasteiger partial charge in [0.1, 0.15) is 11.4 Å². The molecule has 4 nitrogen and oxygen atoms in total. The van der Waals surface area contributed by atoms with Crippen LogP contribution in [0.4, 0.5) is 4.79 Å². The highest BCUT2D eigenvalue weighted by Crippen LogP contribution is 2.15. The Morgan fingerprint density at radius 1 is 1.38 bits per heavy atom. The first-order valence-corrected chi connectivity index (χ1v) is 5.07. The van der Waals surface area contributed by atoms with Crippen LogP contribution in [0.5, 0.6) is 0 Å². The van der Waals surface area contributed by atoms with Crippen molar-refractivity contribution in [3.05, 3.63) is 24.1 Å². The van der Waals surface area contributed by atoms with Gasteiger partial charge in [-0.3, -0.25) is 4.90 Å². The van der Waals surface area contributed by atoms with Crippen molar-refractivity contribution in [3.63, 3.8) is 0 Å². The zero-order valence-electron chi connectivity index (χ0n) is 11.0. The molecule has 0 rings (SSSR count). The Labute approximate surface area is 97.5 Å². The van der Waals surface area contributed by atoms with E-state index in [1.54, 1.807) is 20.0 Å². The summed E-state index contributed by atoms with van der Waals surface area (Å²) in [5, 5.41) is 0. The summed E-state index contributed by atoms with van der Waals surface area (Å²) in [6, 6.07) is 0. The molecule has 0 aliphatic heterocycles. The van der Waals surface area contributed by atoms with Gasteiger partial charge in [0.2, 0.25) is 0 Å². The largest absolute Gasteiger partial charge is 0.495 e. The van der Waals surface area contributed by atoms with Crippen molar-refractivity contribution < 1.29 is 14.3 Å². The third-order valence-corrected chi connectivity index (χ3v) is 1.93. The average Bonchev–Trinajstić information content (AvgIpc) is 2.15. The summed E-state index contributed by atoms with van der Waals surface area (Å²) < 4.78 is 10.3. The molecule has 0 aliphatic carbocycles. The molecule has 0 N–H and O–H groups in total. The molecule has 0 bridgehead atoms. The second kappa shape index (κ2) is 5.58. The number of rotatable bonds is 3. The minimum Gasteiger partial charge on any atom is -0.495 e. The van der Waals surface area contributed by atoms with Crippen LogP contribution in [0.1, 0.15) is 27.7 Å². The van der Waals surface area contributed by atoms with Crippen LogP contribution < -0.4 is 0 Å². The standard InChI is InChI=1S/C12H21NO3/c1-8-10(15-7)9(2)13(6)11(14)16-12(3,4)5/h8H,1H2,2-7H3/b10-9-. The number of ether oxygens (including phenoxy) is 2. The highest BCUT2D eigenvalue weighted by Gasteiger charge is 2.21. The third-order valence-electron chi connectivity index (χ3n) is 1.93. The highest BCUT2D eigenvalue weighted by atomic mass is 16.6. The molecule has 0 aliphatic rings. The Balaban J connectivity index is 4.80. The van der Waals surface area contributed by atoms with Crippen molar-refractivity contribution in [1.82, 2.24) is 4.90 Å². The van der Waals surface area contributed by atoms with Crippen LogP contribution >= 0.6 is 0 Å². The quantitative estimate of drug-likeness (QED) is 0.549. The number of methoxy groups -OCH3 is 1. The maximum absolute atomic E-state index is 11.7. The molecule has 16 heavy (non-hydrogen) atoms.